The van der Waals surface area contributed by atoms with Crippen molar-refractivity contribution in [3.8, 4) is 11.5 Å². The summed E-state index contributed by atoms with van der Waals surface area (Å²) in [5.41, 5.74) is -0.875. The summed E-state index contributed by atoms with van der Waals surface area (Å²) in [5, 5.41) is 36.7. The summed E-state index contributed by atoms with van der Waals surface area (Å²) in [6.45, 7) is 0. The summed E-state index contributed by atoms with van der Waals surface area (Å²) in [4.78, 5) is 8.85. The molecule has 30 heavy (non-hydrogen) atoms. The summed E-state index contributed by atoms with van der Waals surface area (Å²) >= 11 is 0. The molecule has 0 spiro atoms. The van der Waals surface area contributed by atoms with Crippen molar-refractivity contribution >= 4 is 38.7 Å². The second-order valence-corrected chi connectivity index (χ2v) is 6.95. The average molecular weight is 476 g/mol. The largest absolute Gasteiger partial charge is 3.00 e. The molecule has 0 saturated heterocycles. The Morgan fingerprint density at radius 1 is 0.967 bits per heavy atom. The summed E-state index contributed by atoms with van der Waals surface area (Å²) < 4.78 is 33.7. The standard InChI is InChI=1S/C18H13NO7S.Cr.Na.H2O/c20-16-8-6-11-3-1-2-4-14(11)15(16)7-5-12-9-13(19(22)23)10-17(18(12)21)27(24,25)26;;;/h1-10,20-21H,(H,24,25,26);;;1H2/q;+3;+1;/p-4/b7-5+;;;. The maximum atomic E-state index is 12.2. The van der Waals surface area contributed by atoms with Crippen LogP contribution < -0.4 is 39.8 Å². The molecule has 3 rings (SSSR count). The SMILES string of the molecule is O=[N+]([O-])c1cc(/C=C/c2c([O-])ccc3ccccc23)c([O-])c(S(=O)(=O)[O-])c1.[Cr+3].[Na+].[OH-]. The Morgan fingerprint density at radius 2 is 1.60 bits per heavy atom. The van der Waals surface area contributed by atoms with Gasteiger partial charge in [0.25, 0.3) is 5.69 Å². The van der Waals surface area contributed by atoms with Gasteiger partial charge in [-0.1, -0.05) is 54.3 Å². The van der Waals surface area contributed by atoms with E-state index >= 15 is 0 Å². The van der Waals surface area contributed by atoms with Crippen LogP contribution in [0.4, 0.5) is 5.69 Å². The van der Waals surface area contributed by atoms with Crippen LogP contribution in [0, 0.1) is 10.1 Å². The van der Waals surface area contributed by atoms with Crippen LogP contribution in [-0.2, 0) is 27.5 Å². The number of nitrogens with zero attached hydrogens (tertiary/aromatic N) is 1. The van der Waals surface area contributed by atoms with E-state index in [0.717, 1.165) is 17.5 Å². The summed E-state index contributed by atoms with van der Waals surface area (Å²) in [7, 11) is -5.20. The molecule has 3 aromatic rings. The number of nitro groups is 1. The first-order chi connectivity index (χ1) is 12.7. The second-order valence-electron chi connectivity index (χ2n) is 5.61. The van der Waals surface area contributed by atoms with Crippen molar-refractivity contribution in [2.75, 3.05) is 0 Å². The van der Waals surface area contributed by atoms with Crippen molar-refractivity contribution in [3.05, 3.63) is 69.8 Å². The van der Waals surface area contributed by atoms with Crippen LogP contribution in [0.25, 0.3) is 22.9 Å². The van der Waals surface area contributed by atoms with Crippen molar-refractivity contribution in [1.82, 2.24) is 0 Å². The zero-order valence-corrected chi connectivity index (χ0v) is 19.4. The van der Waals surface area contributed by atoms with Crippen LogP contribution >= 0.6 is 0 Å². The van der Waals surface area contributed by atoms with Gasteiger partial charge in [0.2, 0.25) is 0 Å². The topological polar surface area (TPSA) is 176 Å². The number of non-ortho nitro benzene ring substituents is 1. The third-order valence-electron chi connectivity index (χ3n) is 3.91. The van der Waals surface area contributed by atoms with Crippen LogP contribution in [0.1, 0.15) is 11.1 Å². The van der Waals surface area contributed by atoms with E-state index in [-0.39, 0.29) is 69.3 Å². The van der Waals surface area contributed by atoms with E-state index in [1.165, 1.54) is 12.1 Å². The van der Waals surface area contributed by atoms with Gasteiger partial charge >= 0.3 is 46.9 Å². The number of rotatable bonds is 4. The molecule has 0 aliphatic carbocycles. The molecule has 1 N–H and O–H groups in total. The molecule has 0 aliphatic heterocycles. The van der Waals surface area contributed by atoms with Crippen molar-refractivity contribution in [2.45, 2.75) is 4.90 Å². The monoisotopic (exact) mass is 476 g/mol. The summed E-state index contributed by atoms with van der Waals surface area (Å²) in [5.74, 6) is -1.51. The van der Waals surface area contributed by atoms with Gasteiger partial charge < -0.3 is 20.2 Å². The molecule has 0 bridgehead atoms. The molecule has 0 amide bonds. The predicted octanol–water partition coefficient (Wildman–Crippen LogP) is -1.21. The normalized spacial score (nSPS) is 10.7. The van der Waals surface area contributed by atoms with Gasteiger partial charge in [0.1, 0.15) is 10.1 Å². The molecule has 12 heteroatoms. The van der Waals surface area contributed by atoms with Gasteiger partial charge in [-0.3, -0.25) is 10.1 Å². The van der Waals surface area contributed by atoms with Crippen molar-refractivity contribution < 1.29 is 80.5 Å². The van der Waals surface area contributed by atoms with E-state index < -0.39 is 31.4 Å². The fraction of sp³-hybridized carbons (Fsp3) is 0. The first-order valence-electron chi connectivity index (χ1n) is 7.50. The molecule has 9 nitrogen and oxygen atoms in total. The first-order valence-corrected chi connectivity index (χ1v) is 8.91. The van der Waals surface area contributed by atoms with Gasteiger partial charge in [-0.25, -0.2) is 8.42 Å². The molecule has 0 atom stereocenters. The van der Waals surface area contributed by atoms with Crippen molar-refractivity contribution in [2.24, 2.45) is 0 Å². The van der Waals surface area contributed by atoms with E-state index in [4.69, 9.17) is 0 Å². The van der Waals surface area contributed by atoms with Crippen LogP contribution in [0.2, 0.25) is 0 Å². The third-order valence-corrected chi connectivity index (χ3v) is 4.75. The molecule has 0 fully saturated rings. The van der Waals surface area contributed by atoms with E-state index in [9.17, 15) is 33.3 Å². The Morgan fingerprint density at radius 3 is 2.20 bits per heavy atom. The predicted molar refractivity (Wildman–Crippen MR) is 94.8 cm³/mol. The quantitative estimate of drug-likeness (QED) is 0.148. The second kappa shape index (κ2) is 10.9. The summed E-state index contributed by atoms with van der Waals surface area (Å²) in [6.07, 6.45) is 2.36. The number of benzene rings is 3. The minimum Gasteiger partial charge on any atom is -0.872 e. The number of hydrogen-bond donors (Lipinski definition) is 0. The Hall–Kier alpha value is -1.94. The van der Waals surface area contributed by atoms with Gasteiger partial charge in [-0.05, 0) is 21.9 Å². The van der Waals surface area contributed by atoms with E-state index in [0.29, 0.717) is 11.5 Å². The van der Waals surface area contributed by atoms with E-state index in [1.807, 2.05) is 0 Å². The maximum absolute atomic E-state index is 12.2. The molecule has 0 aliphatic rings. The number of nitro benzene ring substituents is 1. The molecule has 149 valence electrons. The Kier molecular flexibility index (Phi) is 10.2. The van der Waals surface area contributed by atoms with Crippen LogP contribution in [0.3, 0.4) is 0 Å². The molecule has 0 aromatic heterocycles. The van der Waals surface area contributed by atoms with Gasteiger partial charge in [0.05, 0.1) is 9.82 Å². The Balaban J connectivity index is 0.00000280. The molecule has 0 saturated carbocycles. The molecular formula is C18H11CrNNaO8S. The minimum absolute atomic E-state index is 0. The Bertz CT molecular complexity index is 1210. The Labute approximate surface area is 204 Å². The smallest absolute Gasteiger partial charge is 0.872 e. The first kappa shape index (κ1) is 28.1. The van der Waals surface area contributed by atoms with Crippen LogP contribution in [-0.4, -0.2) is 23.4 Å². The van der Waals surface area contributed by atoms with E-state index in [1.54, 1.807) is 30.3 Å². The number of hydrogen-bond acceptors (Lipinski definition) is 8. The van der Waals surface area contributed by atoms with E-state index in [2.05, 4.69) is 0 Å². The fourth-order valence-corrected chi connectivity index (χ4v) is 3.25. The average Bonchev–Trinajstić information content (AvgIpc) is 2.60. The van der Waals surface area contributed by atoms with Gasteiger partial charge in [0.15, 0.2) is 0 Å². The van der Waals surface area contributed by atoms with Crippen molar-refractivity contribution in [3.63, 3.8) is 0 Å². The molecule has 0 unspecified atom stereocenters. The molecule has 1 radical (unpaired) electrons. The van der Waals surface area contributed by atoms with Gasteiger partial charge in [-0.2, -0.15) is 0 Å². The molecule has 3 aromatic carbocycles. The molecule has 0 heterocycles. The van der Waals surface area contributed by atoms with Gasteiger partial charge in [-0.15, -0.1) is 5.75 Å². The fourth-order valence-electron chi connectivity index (χ4n) is 2.64. The molecular weight excluding hydrogens is 465 g/mol. The summed E-state index contributed by atoms with van der Waals surface area (Å²) in [6, 6.07) is 11.2. The zero-order chi connectivity index (χ0) is 19.8. The van der Waals surface area contributed by atoms with Crippen molar-refractivity contribution in [1.29, 1.82) is 0 Å². The maximum Gasteiger partial charge on any atom is 3.00 e. The van der Waals surface area contributed by atoms with Crippen LogP contribution in [0.15, 0.2) is 53.4 Å². The van der Waals surface area contributed by atoms with Gasteiger partial charge in [0, 0.05) is 12.1 Å². The number of fused-ring (bicyclic) bond motifs is 1. The van der Waals surface area contributed by atoms with Crippen LogP contribution in [0.5, 0.6) is 11.5 Å². The minimum atomic E-state index is -5.20. The third kappa shape index (κ3) is 5.81. The zero-order valence-electron chi connectivity index (χ0n) is 15.3.